The van der Waals surface area contributed by atoms with E-state index in [0.717, 1.165) is 12.0 Å². The van der Waals surface area contributed by atoms with Crippen LogP contribution in [0.25, 0.3) is 0 Å². The van der Waals surface area contributed by atoms with Gasteiger partial charge in [-0.15, -0.1) is 0 Å². The van der Waals surface area contributed by atoms with Crippen molar-refractivity contribution in [3.63, 3.8) is 0 Å². The molecule has 7 heteroatoms. The summed E-state index contributed by atoms with van der Waals surface area (Å²) < 4.78 is 7.09. The minimum Gasteiger partial charge on any atom is -0.463 e. The van der Waals surface area contributed by atoms with E-state index in [-0.39, 0.29) is 16.3 Å². The molecule has 0 unspecified atom stereocenters. The lowest BCUT2D eigenvalue weighted by molar-refractivity contribution is 0.296. The lowest BCUT2D eigenvalue weighted by atomic mass is 10.3. The molecule has 17 heavy (non-hydrogen) atoms. The topological polar surface area (TPSA) is 52.8 Å². The normalized spacial score (nSPS) is 10.5. The van der Waals surface area contributed by atoms with Crippen LogP contribution in [0.4, 0.5) is 0 Å². The monoisotopic (exact) mass is 272 g/mol. The van der Waals surface area contributed by atoms with Crippen molar-refractivity contribution in [3.8, 4) is 6.01 Å². The van der Waals surface area contributed by atoms with Crippen molar-refractivity contribution in [2.75, 3.05) is 6.61 Å². The van der Waals surface area contributed by atoms with Gasteiger partial charge in [0, 0.05) is 25.7 Å². The number of aromatic nitrogens is 4. The van der Waals surface area contributed by atoms with Crippen LogP contribution in [0.3, 0.4) is 0 Å². The van der Waals surface area contributed by atoms with E-state index in [9.17, 15) is 0 Å². The Morgan fingerprint density at radius 2 is 2.00 bits per heavy atom. The van der Waals surface area contributed by atoms with Gasteiger partial charge in [-0.25, -0.2) is 0 Å². The van der Waals surface area contributed by atoms with Gasteiger partial charge in [-0.1, -0.05) is 23.2 Å². The van der Waals surface area contributed by atoms with Crippen LogP contribution in [0.1, 0.15) is 5.56 Å². The van der Waals surface area contributed by atoms with Crippen molar-refractivity contribution < 1.29 is 4.74 Å². The average Bonchev–Trinajstić information content (AvgIpc) is 2.63. The summed E-state index contributed by atoms with van der Waals surface area (Å²) in [7, 11) is 1.87. The zero-order valence-corrected chi connectivity index (χ0v) is 10.6. The van der Waals surface area contributed by atoms with E-state index in [1.807, 2.05) is 13.2 Å². The molecule has 90 valence electrons. The minimum absolute atomic E-state index is 0.186. The van der Waals surface area contributed by atoms with Gasteiger partial charge in [0.25, 0.3) is 0 Å². The molecule has 2 aromatic heterocycles. The first-order valence-electron chi connectivity index (χ1n) is 4.94. The smallest absolute Gasteiger partial charge is 0.319 e. The molecule has 0 radical (unpaired) electrons. The summed E-state index contributed by atoms with van der Waals surface area (Å²) in [6.45, 7) is 0.447. The molecule has 2 aromatic rings. The van der Waals surface area contributed by atoms with Gasteiger partial charge in [-0.2, -0.15) is 15.1 Å². The Balaban J connectivity index is 1.89. The second-order valence-electron chi connectivity index (χ2n) is 3.42. The molecule has 0 amide bonds. The second-order valence-corrected chi connectivity index (χ2v) is 4.19. The Bertz CT molecular complexity index is 495. The number of rotatable bonds is 4. The summed E-state index contributed by atoms with van der Waals surface area (Å²) in [6, 6.07) is 1.64. The van der Waals surface area contributed by atoms with E-state index in [2.05, 4.69) is 15.1 Å². The highest BCUT2D eigenvalue weighted by molar-refractivity contribution is 6.33. The standard InChI is InChI=1S/C10H10Cl2N4O/c1-16-6-7(5-13-16)2-3-17-10-14-8(11)4-9(12)15-10/h4-6H,2-3H2,1H3. The number of ether oxygens (including phenoxy) is 1. The predicted octanol–water partition coefficient (Wildman–Crippen LogP) is 2.14. The number of nitrogens with zero attached hydrogens (tertiary/aromatic N) is 4. The van der Waals surface area contributed by atoms with E-state index in [1.54, 1.807) is 10.9 Å². The molecule has 0 bridgehead atoms. The maximum Gasteiger partial charge on any atom is 0.319 e. The lowest BCUT2D eigenvalue weighted by Gasteiger charge is -2.03. The van der Waals surface area contributed by atoms with E-state index in [1.165, 1.54) is 6.07 Å². The third-order valence-electron chi connectivity index (χ3n) is 2.02. The van der Waals surface area contributed by atoms with Crippen LogP contribution in [0.15, 0.2) is 18.5 Å². The quantitative estimate of drug-likeness (QED) is 0.801. The van der Waals surface area contributed by atoms with Crippen LogP contribution in [-0.4, -0.2) is 26.4 Å². The van der Waals surface area contributed by atoms with Gasteiger partial charge < -0.3 is 4.74 Å². The summed E-state index contributed by atoms with van der Waals surface area (Å²) in [6.07, 6.45) is 4.44. The summed E-state index contributed by atoms with van der Waals surface area (Å²) in [5.41, 5.74) is 1.08. The Morgan fingerprint density at radius 3 is 2.59 bits per heavy atom. The van der Waals surface area contributed by atoms with Crippen molar-refractivity contribution in [1.82, 2.24) is 19.7 Å². The Morgan fingerprint density at radius 1 is 1.29 bits per heavy atom. The van der Waals surface area contributed by atoms with Gasteiger partial charge in [-0.05, 0) is 5.56 Å². The van der Waals surface area contributed by atoms with Crippen molar-refractivity contribution >= 4 is 23.2 Å². The molecule has 0 saturated carbocycles. The van der Waals surface area contributed by atoms with Crippen LogP contribution >= 0.6 is 23.2 Å². The molecule has 2 heterocycles. The molecule has 0 aromatic carbocycles. The molecule has 0 N–H and O–H groups in total. The minimum atomic E-state index is 0.186. The molecule has 2 rings (SSSR count). The molecule has 0 aliphatic carbocycles. The van der Waals surface area contributed by atoms with Crippen molar-refractivity contribution in [1.29, 1.82) is 0 Å². The fourth-order valence-corrected chi connectivity index (χ4v) is 1.70. The average molecular weight is 273 g/mol. The highest BCUT2D eigenvalue weighted by Crippen LogP contribution is 2.15. The van der Waals surface area contributed by atoms with Gasteiger partial charge in [0.15, 0.2) is 0 Å². The lowest BCUT2D eigenvalue weighted by Crippen LogP contribution is -2.04. The second kappa shape index (κ2) is 5.33. The van der Waals surface area contributed by atoms with Crippen molar-refractivity contribution in [2.24, 2.45) is 7.05 Å². The van der Waals surface area contributed by atoms with Crippen molar-refractivity contribution in [2.45, 2.75) is 6.42 Å². The Hall–Kier alpha value is -1.33. The van der Waals surface area contributed by atoms with Crippen LogP contribution in [0, 0.1) is 0 Å². The van der Waals surface area contributed by atoms with Crippen LogP contribution in [-0.2, 0) is 13.5 Å². The summed E-state index contributed by atoms with van der Waals surface area (Å²) in [5, 5.41) is 4.59. The van der Waals surface area contributed by atoms with Gasteiger partial charge >= 0.3 is 6.01 Å². The maximum atomic E-state index is 5.72. The first kappa shape index (κ1) is 12.1. The van der Waals surface area contributed by atoms with Gasteiger partial charge in [-0.3, -0.25) is 4.68 Å². The summed E-state index contributed by atoms with van der Waals surface area (Å²) in [4.78, 5) is 7.79. The Labute approximate surface area is 108 Å². The fourth-order valence-electron chi connectivity index (χ4n) is 1.30. The van der Waals surface area contributed by atoms with E-state index in [4.69, 9.17) is 27.9 Å². The highest BCUT2D eigenvalue weighted by Gasteiger charge is 2.03. The third-order valence-corrected chi connectivity index (χ3v) is 2.41. The molecular formula is C10H10Cl2N4O. The zero-order valence-electron chi connectivity index (χ0n) is 9.10. The maximum absolute atomic E-state index is 5.72. The first-order chi connectivity index (χ1) is 8.13. The highest BCUT2D eigenvalue weighted by atomic mass is 35.5. The molecule has 0 atom stereocenters. The van der Waals surface area contributed by atoms with Crippen LogP contribution in [0.2, 0.25) is 10.3 Å². The van der Waals surface area contributed by atoms with Gasteiger partial charge in [0.1, 0.15) is 10.3 Å². The van der Waals surface area contributed by atoms with E-state index in [0.29, 0.717) is 6.61 Å². The van der Waals surface area contributed by atoms with Crippen LogP contribution in [0.5, 0.6) is 6.01 Å². The molecule has 0 saturated heterocycles. The first-order valence-corrected chi connectivity index (χ1v) is 5.69. The zero-order chi connectivity index (χ0) is 12.3. The molecule has 0 spiro atoms. The SMILES string of the molecule is Cn1cc(CCOc2nc(Cl)cc(Cl)n2)cn1. The number of aryl methyl sites for hydroxylation is 1. The number of hydrogen-bond acceptors (Lipinski definition) is 4. The van der Waals surface area contributed by atoms with Crippen molar-refractivity contribution in [3.05, 3.63) is 34.3 Å². The third kappa shape index (κ3) is 3.57. The summed E-state index contributed by atoms with van der Waals surface area (Å²) in [5.74, 6) is 0. The molecular weight excluding hydrogens is 263 g/mol. The van der Waals surface area contributed by atoms with Crippen LogP contribution < -0.4 is 4.74 Å². The largest absolute Gasteiger partial charge is 0.463 e. The molecule has 5 nitrogen and oxygen atoms in total. The predicted molar refractivity (Wildman–Crippen MR) is 64.5 cm³/mol. The van der Waals surface area contributed by atoms with E-state index >= 15 is 0 Å². The molecule has 0 fully saturated rings. The molecule has 0 aliphatic rings. The number of halogens is 2. The summed E-state index contributed by atoms with van der Waals surface area (Å²) >= 11 is 11.4. The fraction of sp³-hybridized carbons (Fsp3) is 0.300. The van der Waals surface area contributed by atoms with Gasteiger partial charge in [0.2, 0.25) is 0 Å². The van der Waals surface area contributed by atoms with Gasteiger partial charge in [0.05, 0.1) is 12.8 Å². The molecule has 0 aliphatic heterocycles. The van der Waals surface area contributed by atoms with E-state index < -0.39 is 0 Å². The Kier molecular flexibility index (Phi) is 3.81. The number of hydrogen-bond donors (Lipinski definition) is 0.